The molecule has 2 aromatic carbocycles. The Morgan fingerprint density at radius 2 is 1.67 bits per heavy atom. The van der Waals surface area contributed by atoms with Crippen LogP contribution in [0.5, 0.6) is 0 Å². The van der Waals surface area contributed by atoms with Crippen LogP contribution >= 0.6 is 15.9 Å². The molecule has 0 aliphatic heterocycles. The van der Waals surface area contributed by atoms with Gasteiger partial charge in [-0.2, -0.15) is 0 Å². The van der Waals surface area contributed by atoms with Gasteiger partial charge in [-0.3, -0.25) is 4.79 Å². The number of benzene rings is 2. The molecule has 110 valence electrons. The summed E-state index contributed by atoms with van der Waals surface area (Å²) in [7, 11) is 0. The molecule has 1 amide bonds. The summed E-state index contributed by atoms with van der Waals surface area (Å²) in [6, 6.07) is 6.94. The summed E-state index contributed by atoms with van der Waals surface area (Å²) in [6.07, 6.45) is 0.291. The summed E-state index contributed by atoms with van der Waals surface area (Å²) in [5.41, 5.74) is 0.743. The smallest absolute Gasteiger partial charge is 0.252 e. The van der Waals surface area contributed by atoms with Gasteiger partial charge in [0, 0.05) is 17.1 Å². The van der Waals surface area contributed by atoms with Crippen LogP contribution in [0.1, 0.15) is 15.9 Å². The van der Waals surface area contributed by atoms with E-state index in [1.165, 1.54) is 30.3 Å². The standard InChI is InChI=1S/C15H11BrF3NO/c16-14-8-10(17)1-2-13(14)15(21)20-4-3-9-5-11(18)7-12(19)6-9/h1-2,5-8H,3-4H2,(H,20,21). The van der Waals surface area contributed by atoms with Gasteiger partial charge in [0.1, 0.15) is 17.5 Å². The van der Waals surface area contributed by atoms with Crippen LogP contribution in [0.4, 0.5) is 13.2 Å². The molecule has 0 fully saturated rings. The second-order valence-electron chi connectivity index (χ2n) is 4.41. The topological polar surface area (TPSA) is 29.1 Å². The predicted molar refractivity (Wildman–Crippen MR) is 76.5 cm³/mol. The molecule has 21 heavy (non-hydrogen) atoms. The Hall–Kier alpha value is -1.82. The van der Waals surface area contributed by atoms with Crippen molar-refractivity contribution < 1.29 is 18.0 Å². The van der Waals surface area contributed by atoms with E-state index in [4.69, 9.17) is 0 Å². The van der Waals surface area contributed by atoms with Crippen LogP contribution in [0, 0.1) is 17.5 Å². The molecule has 0 spiro atoms. The van der Waals surface area contributed by atoms with Gasteiger partial charge in [-0.1, -0.05) is 0 Å². The third-order valence-electron chi connectivity index (χ3n) is 2.80. The van der Waals surface area contributed by atoms with Gasteiger partial charge < -0.3 is 5.32 Å². The molecular formula is C15H11BrF3NO. The van der Waals surface area contributed by atoms with Crippen molar-refractivity contribution in [2.24, 2.45) is 0 Å². The van der Waals surface area contributed by atoms with E-state index in [1.807, 2.05) is 0 Å². The molecule has 0 bridgehead atoms. The number of amides is 1. The van der Waals surface area contributed by atoms with Crippen LogP contribution in [-0.4, -0.2) is 12.5 Å². The highest BCUT2D eigenvalue weighted by Gasteiger charge is 2.10. The summed E-state index contributed by atoms with van der Waals surface area (Å²) < 4.78 is 39.3. The van der Waals surface area contributed by atoms with Crippen LogP contribution in [0.15, 0.2) is 40.9 Å². The fraction of sp³-hybridized carbons (Fsp3) is 0.133. The van der Waals surface area contributed by atoms with E-state index < -0.39 is 23.4 Å². The molecule has 2 rings (SSSR count). The minimum atomic E-state index is -0.655. The van der Waals surface area contributed by atoms with Gasteiger partial charge in [0.25, 0.3) is 5.91 Å². The molecule has 0 radical (unpaired) electrons. The zero-order valence-corrected chi connectivity index (χ0v) is 12.4. The lowest BCUT2D eigenvalue weighted by atomic mass is 10.1. The molecular weight excluding hydrogens is 347 g/mol. The lowest BCUT2D eigenvalue weighted by Gasteiger charge is -2.07. The fourth-order valence-corrected chi connectivity index (χ4v) is 2.38. The van der Waals surface area contributed by atoms with Crippen LogP contribution in [0.2, 0.25) is 0 Å². The Morgan fingerprint density at radius 1 is 1.00 bits per heavy atom. The van der Waals surface area contributed by atoms with Gasteiger partial charge in [-0.05, 0) is 58.2 Å². The summed E-state index contributed by atoms with van der Waals surface area (Å²) in [5, 5.41) is 2.61. The second kappa shape index (κ2) is 6.76. The second-order valence-corrected chi connectivity index (χ2v) is 5.26. The molecule has 0 saturated carbocycles. The van der Waals surface area contributed by atoms with Gasteiger partial charge in [0.15, 0.2) is 0 Å². The number of rotatable bonds is 4. The lowest BCUT2D eigenvalue weighted by molar-refractivity contribution is 0.0953. The van der Waals surface area contributed by atoms with Crippen LogP contribution < -0.4 is 5.32 Å². The Balaban J connectivity index is 1.95. The molecule has 2 nitrogen and oxygen atoms in total. The van der Waals surface area contributed by atoms with Crippen molar-refractivity contribution in [2.75, 3.05) is 6.54 Å². The molecule has 6 heteroatoms. The molecule has 0 aliphatic carbocycles. The fourth-order valence-electron chi connectivity index (χ4n) is 1.84. The van der Waals surface area contributed by atoms with Crippen molar-refractivity contribution in [1.29, 1.82) is 0 Å². The Bertz CT molecular complexity index is 656. The van der Waals surface area contributed by atoms with E-state index in [0.29, 0.717) is 22.0 Å². The number of hydrogen-bond donors (Lipinski definition) is 1. The van der Waals surface area contributed by atoms with Gasteiger partial charge in [-0.15, -0.1) is 0 Å². The zero-order chi connectivity index (χ0) is 15.4. The SMILES string of the molecule is O=C(NCCc1cc(F)cc(F)c1)c1ccc(F)cc1Br. The largest absolute Gasteiger partial charge is 0.352 e. The maximum absolute atomic E-state index is 13.0. The molecule has 2 aromatic rings. The van der Waals surface area contributed by atoms with Crippen molar-refractivity contribution >= 4 is 21.8 Å². The molecule has 0 aromatic heterocycles. The Labute approximate surface area is 128 Å². The highest BCUT2D eigenvalue weighted by Crippen LogP contribution is 2.17. The van der Waals surface area contributed by atoms with Crippen molar-refractivity contribution in [3.63, 3.8) is 0 Å². The number of nitrogens with one attached hydrogen (secondary N) is 1. The van der Waals surface area contributed by atoms with Gasteiger partial charge in [0.05, 0.1) is 5.56 Å². The van der Waals surface area contributed by atoms with E-state index >= 15 is 0 Å². The van der Waals surface area contributed by atoms with Gasteiger partial charge >= 0.3 is 0 Å². The molecule has 0 unspecified atom stereocenters. The molecule has 0 atom stereocenters. The Morgan fingerprint density at radius 3 is 2.29 bits per heavy atom. The van der Waals surface area contributed by atoms with E-state index in [9.17, 15) is 18.0 Å². The minimum absolute atomic E-state index is 0.214. The highest BCUT2D eigenvalue weighted by atomic mass is 79.9. The maximum Gasteiger partial charge on any atom is 0.252 e. The first-order valence-electron chi connectivity index (χ1n) is 6.14. The summed E-state index contributed by atoms with van der Waals surface area (Å²) in [5.74, 6) is -2.15. The van der Waals surface area contributed by atoms with Crippen molar-refractivity contribution in [1.82, 2.24) is 5.32 Å². The summed E-state index contributed by atoms with van der Waals surface area (Å²) >= 11 is 3.10. The Kier molecular flexibility index (Phi) is 5.01. The lowest BCUT2D eigenvalue weighted by Crippen LogP contribution is -2.26. The third-order valence-corrected chi connectivity index (χ3v) is 3.45. The first kappa shape index (κ1) is 15.6. The minimum Gasteiger partial charge on any atom is -0.352 e. The average molecular weight is 358 g/mol. The quantitative estimate of drug-likeness (QED) is 0.884. The first-order chi connectivity index (χ1) is 9.95. The normalized spacial score (nSPS) is 10.5. The number of carbonyl (C=O) groups is 1. The van der Waals surface area contributed by atoms with E-state index in [1.54, 1.807) is 0 Å². The first-order valence-corrected chi connectivity index (χ1v) is 6.93. The molecule has 0 aliphatic rings. The van der Waals surface area contributed by atoms with Crippen molar-refractivity contribution in [3.8, 4) is 0 Å². The van der Waals surface area contributed by atoms with Crippen LogP contribution in [-0.2, 0) is 6.42 Å². The predicted octanol–water partition coefficient (Wildman–Crippen LogP) is 3.84. The molecule has 0 saturated heterocycles. The summed E-state index contributed by atoms with van der Waals surface area (Å²) in [6.45, 7) is 0.214. The van der Waals surface area contributed by atoms with E-state index in [0.717, 1.165) is 6.07 Å². The number of halogens is 4. The van der Waals surface area contributed by atoms with Crippen molar-refractivity contribution in [3.05, 3.63) is 69.4 Å². The number of hydrogen-bond acceptors (Lipinski definition) is 1. The maximum atomic E-state index is 13.0. The monoisotopic (exact) mass is 357 g/mol. The third kappa shape index (κ3) is 4.32. The summed E-state index contributed by atoms with van der Waals surface area (Å²) in [4.78, 5) is 11.9. The van der Waals surface area contributed by atoms with Crippen LogP contribution in [0.25, 0.3) is 0 Å². The van der Waals surface area contributed by atoms with Gasteiger partial charge in [0.2, 0.25) is 0 Å². The van der Waals surface area contributed by atoms with Gasteiger partial charge in [-0.25, -0.2) is 13.2 Å². The molecule has 0 heterocycles. The van der Waals surface area contributed by atoms with Crippen molar-refractivity contribution in [2.45, 2.75) is 6.42 Å². The van der Waals surface area contributed by atoms with Crippen LogP contribution in [0.3, 0.4) is 0 Å². The molecule has 1 N–H and O–H groups in total. The zero-order valence-electron chi connectivity index (χ0n) is 10.8. The number of carbonyl (C=O) groups excluding carboxylic acids is 1. The van der Waals surface area contributed by atoms with E-state index in [-0.39, 0.29) is 6.54 Å². The average Bonchev–Trinajstić information content (AvgIpc) is 2.37. The van der Waals surface area contributed by atoms with E-state index in [2.05, 4.69) is 21.2 Å². The highest BCUT2D eigenvalue weighted by molar-refractivity contribution is 9.10.